The molecule has 1 atom stereocenters. The van der Waals surface area contributed by atoms with Gasteiger partial charge in [0, 0.05) is 25.1 Å². The Labute approximate surface area is 147 Å². The number of amides is 1. The van der Waals surface area contributed by atoms with Crippen LogP contribution in [0.25, 0.3) is 0 Å². The molecule has 1 fully saturated rings. The lowest BCUT2D eigenvalue weighted by Gasteiger charge is -2.12. The molecule has 1 amide bonds. The number of halogens is 3. The third kappa shape index (κ3) is 5.22. The van der Waals surface area contributed by atoms with Crippen LogP contribution >= 0.6 is 0 Å². The van der Waals surface area contributed by atoms with Gasteiger partial charge in [-0.2, -0.15) is 5.10 Å². The number of carbonyl (C=O) groups excluding carboxylic acids is 1. The van der Waals surface area contributed by atoms with Gasteiger partial charge in [-0.1, -0.05) is 12.1 Å². The van der Waals surface area contributed by atoms with E-state index in [9.17, 15) is 18.0 Å². The number of hydrogen-bond acceptors (Lipinski definition) is 4. The van der Waals surface area contributed by atoms with E-state index in [1.807, 2.05) is 0 Å². The monoisotopic (exact) mass is 369 g/mol. The van der Waals surface area contributed by atoms with Crippen molar-refractivity contribution >= 4 is 11.7 Å². The van der Waals surface area contributed by atoms with Gasteiger partial charge >= 0.3 is 6.36 Å². The number of rotatable bonds is 6. The highest BCUT2D eigenvalue weighted by molar-refractivity contribution is 5.91. The Morgan fingerprint density at radius 2 is 2.08 bits per heavy atom. The van der Waals surface area contributed by atoms with Crippen molar-refractivity contribution < 1.29 is 27.4 Å². The normalized spacial score (nSPS) is 17.3. The zero-order valence-electron chi connectivity index (χ0n) is 13.8. The number of alkyl halides is 3. The minimum atomic E-state index is -4.73. The van der Waals surface area contributed by atoms with E-state index in [1.54, 1.807) is 16.9 Å². The standard InChI is InChI=1S/C17H18F3N3O3/c18-17(19,20)26-14-3-1-12(2-4-14)9-16(24)22-15-5-7-21-23(15)10-13-6-8-25-11-13/h1-5,7,13H,6,8-11H2,(H,22,24). The number of anilines is 1. The number of aromatic nitrogens is 2. The van der Waals surface area contributed by atoms with Crippen molar-refractivity contribution in [3.63, 3.8) is 0 Å². The van der Waals surface area contributed by atoms with Crippen LogP contribution in [0.5, 0.6) is 5.75 Å². The number of carbonyl (C=O) groups is 1. The number of ether oxygens (including phenoxy) is 2. The third-order valence-corrected chi connectivity index (χ3v) is 3.96. The van der Waals surface area contributed by atoms with E-state index in [0.29, 0.717) is 30.5 Å². The topological polar surface area (TPSA) is 65.4 Å². The Morgan fingerprint density at radius 3 is 2.73 bits per heavy atom. The Hall–Kier alpha value is -2.55. The molecule has 2 heterocycles. The first kappa shape index (κ1) is 18.2. The van der Waals surface area contributed by atoms with Crippen molar-refractivity contribution in [2.45, 2.75) is 25.7 Å². The summed E-state index contributed by atoms with van der Waals surface area (Å²) in [6.45, 7) is 2.08. The van der Waals surface area contributed by atoms with Crippen molar-refractivity contribution in [1.29, 1.82) is 0 Å². The number of hydrogen-bond donors (Lipinski definition) is 1. The Kier molecular flexibility index (Phi) is 5.46. The second-order valence-corrected chi connectivity index (χ2v) is 6.04. The minimum absolute atomic E-state index is 0.0318. The Balaban J connectivity index is 1.55. The first-order valence-corrected chi connectivity index (χ1v) is 8.13. The van der Waals surface area contributed by atoms with Gasteiger partial charge < -0.3 is 14.8 Å². The van der Waals surface area contributed by atoms with Gasteiger partial charge in [0.25, 0.3) is 0 Å². The van der Waals surface area contributed by atoms with Gasteiger partial charge in [-0.25, -0.2) is 4.68 Å². The summed E-state index contributed by atoms with van der Waals surface area (Å²) >= 11 is 0. The molecule has 140 valence electrons. The molecule has 0 radical (unpaired) electrons. The van der Waals surface area contributed by atoms with E-state index in [0.717, 1.165) is 13.0 Å². The predicted octanol–water partition coefficient (Wildman–Crippen LogP) is 3.00. The van der Waals surface area contributed by atoms with Crippen LogP contribution in [-0.4, -0.2) is 35.3 Å². The fourth-order valence-electron chi connectivity index (χ4n) is 2.74. The van der Waals surface area contributed by atoms with E-state index in [1.165, 1.54) is 24.3 Å². The molecule has 0 saturated carbocycles. The van der Waals surface area contributed by atoms with Crippen molar-refractivity contribution in [1.82, 2.24) is 9.78 Å². The molecule has 1 unspecified atom stereocenters. The van der Waals surface area contributed by atoms with Gasteiger partial charge in [0.2, 0.25) is 5.91 Å². The van der Waals surface area contributed by atoms with Crippen molar-refractivity contribution in [2.75, 3.05) is 18.5 Å². The zero-order chi connectivity index (χ0) is 18.6. The second-order valence-electron chi connectivity index (χ2n) is 6.04. The number of nitrogens with one attached hydrogen (secondary N) is 1. The van der Waals surface area contributed by atoms with Gasteiger partial charge in [0.1, 0.15) is 11.6 Å². The fourth-order valence-corrected chi connectivity index (χ4v) is 2.74. The molecule has 1 N–H and O–H groups in total. The highest BCUT2D eigenvalue weighted by Gasteiger charge is 2.31. The van der Waals surface area contributed by atoms with Crippen molar-refractivity contribution in [3.8, 4) is 5.75 Å². The lowest BCUT2D eigenvalue weighted by atomic mass is 10.1. The smallest absolute Gasteiger partial charge is 0.406 e. The lowest BCUT2D eigenvalue weighted by molar-refractivity contribution is -0.274. The summed E-state index contributed by atoms with van der Waals surface area (Å²) in [6, 6.07) is 6.91. The van der Waals surface area contributed by atoms with Crippen molar-refractivity contribution in [3.05, 3.63) is 42.1 Å². The van der Waals surface area contributed by atoms with Gasteiger partial charge in [-0.3, -0.25) is 4.79 Å². The van der Waals surface area contributed by atoms with Crippen LogP contribution in [0.4, 0.5) is 19.0 Å². The third-order valence-electron chi connectivity index (χ3n) is 3.96. The first-order valence-electron chi connectivity index (χ1n) is 8.13. The quantitative estimate of drug-likeness (QED) is 0.850. The maximum atomic E-state index is 12.2. The van der Waals surface area contributed by atoms with Crippen LogP contribution in [0.1, 0.15) is 12.0 Å². The zero-order valence-corrected chi connectivity index (χ0v) is 13.8. The van der Waals surface area contributed by atoms with Gasteiger partial charge in [0.15, 0.2) is 0 Å². The molecule has 1 aromatic heterocycles. The molecule has 1 aliphatic heterocycles. The van der Waals surface area contributed by atoms with E-state index in [2.05, 4.69) is 15.2 Å². The summed E-state index contributed by atoms with van der Waals surface area (Å²) in [4.78, 5) is 12.2. The molecule has 1 saturated heterocycles. The molecule has 0 bridgehead atoms. The summed E-state index contributed by atoms with van der Waals surface area (Å²) in [6.07, 6.45) is -2.14. The highest BCUT2D eigenvalue weighted by atomic mass is 19.4. The molecule has 6 nitrogen and oxygen atoms in total. The van der Waals surface area contributed by atoms with Gasteiger partial charge in [-0.05, 0) is 24.1 Å². The summed E-state index contributed by atoms with van der Waals surface area (Å²) in [5.41, 5.74) is 0.576. The molecule has 1 aromatic carbocycles. The molecular weight excluding hydrogens is 351 g/mol. The minimum Gasteiger partial charge on any atom is -0.406 e. The lowest BCUT2D eigenvalue weighted by Crippen LogP contribution is -2.20. The van der Waals surface area contributed by atoms with Crippen LogP contribution in [0, 0.1) is 5.92 Å². The Bertz CT molecular complexity index is 738. The molecular formula is C17H18F3N3O3. The maximum Gasteiger partial charge on any atom is 0.573 e. The summed E-state index contributed by atoms with van der Waals surface area (Å²) < 4.78 is 47.3. The SMILES string of the molecule is O=C(Cc1ccc(OC(F)(F)F)cc1)Nc1ccnn1CC1CCOC1. The average molecular weight is 369 g/mol. The largest absolute Gasteiger partial charge is 0.573 e. The Morgan fingerprint density at radius 1 is 1.31 bits per heavy atom. The predicted molar refractivity (Wildman–Crippen MR) is 86.6 cm³/mol. The number of nitrogens with zero attached hydrogens (tertiary/aromatic N) is 2. The van der Waals surface area contributed by atoms with Crippen LogP contribution in [0.3, 0.4) is 0 Å². The van der Waals surface area contributed by atoms with Gasteiger partial charge in [0.05, 0.1) is 19.2 Å². The first-order chi connectivity index (χ1) is 12.4. The molecule has 3 rings (SSSR count). The van der Waals surface area contributed by atoms with Crippen LogP contribution in [-0.2, 0) is 22.5 Å². The van der Waals surface area contributed by atoms with Crippen LogP contribution in [0.2, 0.25) is 0 Å². The molecule has 0 aliphatic carbocycles. The van der Waals surface area contributed by atoms with E-state index >= 15 is 0 Å². The average Bonchev–Trinajstić information content (AvgIpc) is 3.21. The van der Waals surface area contributed by atoms with E-state index in [4.69, 9.17) is 4.74 Å². The van der Waals surface area contributed by atoms with E-state index in [-0.39, 0.29) is 18.1 Å². The number of benzene rings is 1. The molecule has 26 heavy (non-hydrogen) atoms. The molecule has 9 heteroatoms. The van der Waals surface area contributed by atoms with E-state index < -0.39 is 6.36 Å². The maximum absolute atomic E-state index is 12.2. The second kappa shape index (κ2) is 7.77. The summed E-state index contributed by atoms with van der Waals surface area (Å²) in [5, 5.41) is 6.98. The van der Waals surface area contributed by atoms with Crippen LogP contribution < -0.4 is 10.1 Å². The van der Waals surface area contributed by atoms with Gasteiger partial charge in [-0.15, -0.1) is 13.2 Å². The van der Waals surface area contributed by atoms with Crippen LogP contribution in [0.15, 0.2) is 36.5 Å². The summed E-state index contributed by atoms with van der Waals surface area (Å²) in [7, 11) is 0. The molecule has 0 spiro atoms. The molecule has 1 aliphatic rings. The summed E-state index contributed by atoms with van der Waals surface area (Å²) in [5.74, 6) is 0.350. The molecule has 2 aromatic rings. The fraction of sp³-hybridized carbons (Fsp3) is 0.412. The highest BCUT2D eigenvalue weighted by Crippen LogP contribution is 2.23. The van der Waals surface area contributed by atoms with Crippen molar-refractivity contribution in [2.24, 2.45) is 5.92 Å².